The maximum absolute atomic E-state index is 5.32. The summed E-state index contributed by atoms with van der Waals surface area (Å²) in [7, 11) is 1.65. The van der Waals surface area contributed by atoms with Gasteiger partial charge in [0.05, 0.1) is 7.11 Å². The van der Waals surface area contributed by atoms with Gasteiger partial charge < -0.3 is 9.72 Å². The minimum absolute atomic E-state index is 0. The SMILES string of the molecule is COc1cc(C)ncc1-c1c[c-]c(C)cn1.[Y]. The first kappa shape index (κ1) is 14.3. The van der Waals surface area contributed by atoms with E-state index in [9.17, 15) is 0 Å². The first-order chi connectivity index (χ1) is 7.70. The molecular weight excluding hydrogens is 289 g/mol. The average Bonchev–Trinajstić information content (AvgIpc) is 2.30. The normalized spacial score (nSPS) is 9.59. The number of aryl methyl sites for hydroxylation is 2. The molecule has 3 nitrogen and oxygen atoms in total. The molecule has 2 rings (SSSR count). The van der Waals surface area contributed by atoms with Gasteiger partial charge in [0.15, 0.2) is 0 Å². The second-order valence-corrected chi connectivity index (χ2v) is 3.64. The summed E-state index contributed by atoms with van der Waals surface area (Å²) < 4.78 is 5.32. The molecule has 2 heterocycles. The molecule has 1 radical (unpaired) electrons. The van der Waals surface area contributed by atoms with E-state index in [2.05, 4.69) is 16.0 Å². The van der Waals surface area contributed by atoms with Gasteiger partial charge in [0, 0.05) is 56.2 Å². The average molecular weight is 302 g/mol. The third-order valence-corrected chi connectivity index (χ3v) is 2.33. The molecule has 0 N–H and O–H groups in total. The van der Waals surface area contributed by atoms with Crippen LogP contribution in [0.2, 0.25) is 0 Å². The largest absolute Gasteiger partial charge is 0.497 e. The molecule has 0 aromatic carbocycles. The number of aromatic nitrogens is 2. The van der Waals surface area contributed by atoms with Gasteiger partial charge in [-0.1, -0.05) is 13.1 Å². The van der Waals surface area contributed by atoms with E-state index in [0.29, 0.717) is 0 Å². The zero-order valence-electron chi connectivity index (χ0n) is 10.2. The molecule has 17 heavy (non-hydrogen) atoms. The first-order valence-corrected chi connectivity index (χ1v) is 5.06. The molecule has 0 saturated heterocycles. The second kappa shape index (κ2) is 6.22. The molecule has 0 spiro atoms. The monoisotopic (exact) mass is 302 g/mol. The van der Waals surface area contributed by atoms with Crippen molar-refractivity contribution in [2.45, 2.75) is 13.8 Å². The summed E-state index contributed by atoms with van der Waals surface area (Å²) in [6.45, 7) is 3.89. The van der Waals surface area contributed by atoms with E-state index in [0.717, 1.165) is 28.3 Å². The summed E-state index contributed by atoms with van der Waals surface area (Å²) >= 11 is 0. The van der Waals surface area contributed by atoms with Gasteiger partial charge in [-0.3, -0.25) is 4.98 Å². The Hall–Kier alpha value is -0.796. The van der Waals surface area contributed by atoms with Gasteiger partial charge in [-0.2, -0.15) is 12.1 Å². The summed E-state index contributed by atoms with van der Waals surface area (Å²) in [4.78, 5) is 8.59. The third-order valence-electron chi connectivity index (χ3n) is 2.33. The van der Waals surface area contributed by atoms with Crippen LogP contribution < -0.4 is 4.74 Å². The van der Waals surface area contributed by atoms with Gasteiger partial charge in [0.25, 0.3) is 0 Å². The molecule has 0 aliphatic carbocycles. The van der Waals surface area contributed by atoms with E-state index >= 15 is 0 Å². The number of hydrogen-bond donors (Lipinski definition) is 0. The molecule has 85 valence electrons. The fraction of sp³-hybridized carbons (Fsp3) is 0.231. The van der Waals surface area contributed by atoms with Crippen LogP contribution in [0.15, 0.2) is 24.5 Å². The molecule has 2 aromatic heterocycles. The third kappa shape index (κ3) is 3.33. The molecule has 0 atom stereocenters. The number of rotatable bonds is 2. The van der Waals surface area contributed by atoms with Crippen LogP contribution in [0.25, 0.3) is 11.3 Å². The fourth-order valence-electron chi connectivity index (χ4n) is 1.47. The van der Waals surface area contributed by atoms with Crippen LogP contribution in [0, 0.1) is 19.9 Å². The van der Waals surface area contributed by atoms with Crippen molar-refractivity contribution in [3.8, 4) is 17.0 Å². The van der Waals surface area contributed by atoms with E-state index in [1.54, 1.807) is 19.5 Å². The number of hydrogen-bond acceptors (Lipinski definition) is 3. The van der Waals surface area contributed by atoms with Gasteiger partial charge in [0.1, 0.15) is 5.75 Å². The topological polar surface area (TPSA) is 35.0 Å². The Morgan fingerprint density at radius 1 is 1.18 bits per heavy atom. The molecule has 0 saturated carbocycles. The Morgan fingerprint density at radius 3 is 2.53 bits per heavy atom. The Bertz CT molecular complexity index is 497. The van der Waals surface area contributed by atoms with Crippen molar-refractivity contribution in [1.29, 1.82) is 0 Å². The van der Waals surface area contributed by atoms with Crippen molar-refractivity contribution >= 4 is 0 Å². The van der Waals surface area contributed by atoms with Gasteiger partial charge in [-0.15, -0.1) is 5.56 Å². The minimum atomic E-state index is 0. The zero-order chi connectivity index (χ0) is 11.5. The van der Waals surface area contributed by atoms with Crippen LogP contribution in [-0.2, 0) is 32.7 Å². The standard InChI is InChI=1S/C13H13N2O.Y/c1-9-4-5-12(15-7-9)11-8-14-10(2)6-13(11)16-3;/h5-8H,1-3H3;/q-1;. The molecular formula is C13H13N2OY-. The Balaban J connectivity index is 0.00000144. The Kier molecular flexibility index (Phi) is 5.22. The first-order valence-electron chi connectivity index (χ1n) is 5.06. The van der Waals surface area contributed by atoms with Crippen molar-refractivity contribution in [3.05, 3.63) is 41.9 Å². The van der Waals surface area contributed by atoms with Gasteiger partial charge in [0.2, 0.25) is 0 Å². The molecule has 4 heteroatoms. The summed E-state index contributed by atoms with van der Waals surface area (Å²) in [5.41, 5.74) is 3.67. The number of pyridine rings is 2. The minimum Gasteiger partial charge on any atom is -0.497 e. The van der Waals surface area contributed by atoms with E-state index < -0.39 is 0 Å². The summed E-state index contributed by atoms with van der Waals surface area (Å²) in [6.07, 6.45) is 3.56. The molecule has 0 amide bonds. The maximum Gasteiger partial charge on any atom is 0.119 e. The molecule has 0 aliphatic rings. The van der Waals surface area contributed by atoms with Crippen LogP contribution in [0.4, 0.5) is 0 Å². The van der Waals surface area contributed by atoms with Crippen LogP contribution >= 0.6 is 0 Å². The molecule has 0 fully saturated rings. The van der Waals surface area contributed by atoms with E-state index in [4.69, 9.17) is 4.74 Å². The predicted molar refractivity (Wildman–Crippen MR) is 62.3 cm³/mol. The van der Waals surface area contributed by atoms with E-state index in [-0.39, 0.29) is 32.7 Å². The number of ether oxygens (including phenoxy) is 1. The van der Waals surface area contributed by atoms with Crippen LogP contribution in [0.1, 0.15) is 11.3 Å². The van der Waals surface area contributed by atoms with Crippen molar-refractivity contribution in [1.82, 2.24) is 9.97 Å². The molecule has 2 aromatic rings. The van der Waals surface area contributed by atoms with E-state index in [1.165, 1.54) is 0 Å². The van der Waals surface area contributed by atoms with Gasteiger partial charge in [-0.05, 0) is 12.6 Å². The van der Waals surface area contributed by atoms with Crippen LogP contribution in [-0.4, -0.2) is 17.1 Å². The maximum atomic E-state index is 5.32. The zero-order valence-corrected chi connectivity index (χ0v) is 13.0. The number of nitrogens with zero attached hydrogens (tertiary/aromatic N) is 2. The Morgan fingerprint density at radius 2 is 1.94 bits per heavy atom. The van der Waals surface area contributed by atoms with Crippen molar-refractivity contribution < 1.29 is 37.4 Å². The van der Waals surface area contributed by atoms with Crippen molar-refractivity contribution in [2.24, 2.45) is 0 Å². The van der Waals surface area contributed by atoms with Crippen molar-refractivity contribution in [3.63, 3.8) is 0 Å². The Labute approximate surface area is 127 Å². The van der Waals surface area contributed by atoms with Gasteiger partial charge >= 0.3 is 0 Å². The van der Waals surface area contributed by atoms with Crippen LogP contribution in [0.3, 0.4) is 0 Å². The number of methoxy groups -OCH3 is 1. The summed E-state index contributed by atoms with van der Waals surface area (Å²) in [6, 6.07) is 6.87. The summed E-state index contributed by atoms with van der Waals surface area (Å²) in [5.74, 6) is 0.789. The van der Waals surface area contributed by atoms with Crippen molar-refractivity contribution in [2.75, 3.05) is 7.11 Å². The van der Waals surface area contributed by atoms with E-state index in [1.807, 2.05) is 26.0 Å². The second-order valence-electron chi connectivity index (χ2n) is 3.64. The molecule has 0 bridgehead atoms. The predicted octanol–water partition coefficient (Wildman–Crippen LogP) is 2.57. The van der Waals surface area contributed by atoms with Crippen LogP contribution in [0.5, 0.6) is 5.75 Å². The summed E-state index contributed by atoms with van der Waals surface area (Å²) in [5, 5.41) is 0. The molecule has 0 unspecified atom stereocenters. The fourth-order valence-corrected chi connectivity index (χ4v) is 1.47. The van der Waals surface area contributed by atoms with Gasteiger partial charge in [-0.25, -0.2) is 0 Å². The smallest absolute Gasteiger partial charge is 0.119 e. The molecule has 0 aliphatic heterocycles. The quantitative estimate of drug-likeness (QED) is 0.800.